The maximum Gasteiger partial charge on any atom is 0.125 e. The molecule has 0 aromatic carbocycles. The number of nitrogens with zero attached hydrogens (tertiary/aromatic N) is 1. The predicted molar refractivity (Wildman–Crippen MR) is 92.5 cm³/mol. The van der Waals surface area contributed by atoms with Crippen molar-refractivity contribution in [2.45, 2.75) is 64.2 Å². The molecule has 0 spiro atoms. The smallest absolute Gasteiger partial charge is 0.125 e. The molecule has 0 atom stereocenters. The summed E-state index contributed by atoms with van der Waals surface area (Å²) in [4.78, 5) is 5.01. The summed E-state index contributed by atoms with van der Waals surface area (Å²) in [6, 6.07) is 2.60. The Morgan fingerprint density at radius 1 is 1.00 bits per heavy atom. The molecule has 134 valence electrons. The molecule has 5 nitrogen and oxygen atoms in total. The van der Waals surface area contributed by atoms with Crippen molar-refractivity contribution in [3.8, 4) is 0 Å². The molecule has 0 radical (unpaired) electrons. The maximum atomic E-state index is 10.2. The van der Waals surface area contributed by atoms with E-state index in [-0.39, 0.29) is 4.90 Å². The molecule has 0 unspecified atom stereocenters. The largest absolute Gasteiger partial charge is 0.744 e. The van der Waals surface area contributed by atoms with Gasteiger partial charge in [0.05, 0.1) is 24.5 Å². The Labute approximate surface area is 141 Å². The van der Waals surface area contributed by atoms with Gasteiger partial charge in [-0.1, -0.05) is 40.0 Å². The van der Waals surface area contributed by atoms with Gasteiger partial charge in [-0.2, -0.15) is 0 Å². The summed E-state index contributed by atoms with van der Waals surface area (Å²) < 4.78 is 30.7. The van der Waals surface area contributed by atoms with E-state index in [1.54, 1.807) is 0 Å². The van der Waals surface area contributed by atoms with Gasteiger partial charge in [0.1, 0.15) is 10.1 Å². The van der Waals surface area contributed by atoms with Crippen molar-refractivity contribution < 1.29 is 17.9 Å². The van der Waals surface area contributed by atoms with Crippen LogP contribution in [-0.4, -0.2) is 37.6 Å². The molecule has 1 rings (SSSR count). The highest BCUT2D eigenvalue weighted by molar-refractivity contribution is 7.85. The molecule has 0 amide bonds. The minimum absolute atomic E-state index is 0.296. The highest BCUT2D eigenvalue weighted by Gasteiger charge is 2.05. The van der Waals surface area contributed by atoms with Crippen LogP contribution in [0, 0.1) is 0 Å². The van der Waals surface area contributed by atoms with E-state index in [0.717, 1.165) is 6.20 Å². The second-order valence-corrected chi connectivity index (χ2v) is 7.08. The van der Waals surface area contributed by atoms with E-state index in [1.165, 1.54) is 76.5 Å². The molecule has 0 aliphatic heterocycles. The van der Waals surface area contributed by atoms with Crippen LogP contribution >= 0.6 is 0 Å². The minimum atomic E-state index is -4.32. The Balaban J connectivity index is 0.000000433. The molecule has 0 saturated carbocycles. The standard InChI is InChI=1S/C12H27N.C5H5NO3S/c1-4-7-10-13(11-8-5-2)12-9-6-3;7-10(8,9)5-2-1-3-6-4-5/h4-12H2,1-3H3;1-4H,(H,7,8,9). The zero-order valence-electron chi connectivity index (χ0n) is 14.8. The van der Waals surface area contributed by atoms with Crippen molar-refractivity contribution in [1.82, 2.24) is 4.98 Å². The van der Waals surface area contributed by atoms with Crippen LogP contribution in [-0.2, 0) is 10.1 Å². The number of pyridine rings is 1. The lowest BCUT2D eigenvalue weighted by molar-refractivity contribution is -0.900. The molecule has 0 fully saturated rings. The van der Waals surface area contributed by atoms with E-state index >= 15 is 0 Å². The first-order chi connectivity index (χ1) is 11.0. The van der Waals surface area contributed by atoms with Gasteiger partial charge in [0.15, 0.2) is 0 Å². The number of rotatable bonds is 10. The van der Waals surface area contributed by atoms with Crippen LogP contribution in [0.15, 0.2) is 29.4 Å². The molecule has 0 bridgehead atoms. The third-order valence-electron chi connectivity index (χ3n) is 3.57. The Morgan fingerprint density at radius 3 is 1.74 bits per heavy atom. The number of quaternary nitrogens is 1. The second kappa shape index (κ2) is 13.5. The van der Waals surface area contributed by atoms with Gasteiger partial charge in [-0.05, 0) is 31.4 Å². The molecule has 1 N–H and O–H groups in total. The van der Waals surface area contributed by atoms with Crippen molar-refractivity contribution in [2.24, 2.45) is 0 Å². The number of nitrogens with one attached hydrogen (secondary N) is 1. The highest BCUT2D eigenvalue weighted by atomic mass is 32.2. The summed E-state index contributed by atoms with van der Waals surface area (Å²) in [5, 5.41) is 0. The van der Waals surface area contributed by atoms with Crippen LogP contribution in [0.5, 0.6) is 0 Å². The molecule has 1 aromatic heterocycles. The summed E-state index contributed by atoms with van der Waals surface area (Å²) >= 11 is 0. The Bertz CT molecular complexity index is 459. The normalized spacial score (nSPS) is 11.2. The van der Waals surface area contributed by atoms with Crippen molar-refractivity contribution >= 4 is 10.1 Å². The van der Waals surface area contributed by atoms with E-state index in [2.05, 4.69) is 25.8 Å². The van der Waals surface area contributed by atoms with Crippen LogP contribution in [0.4, 0.5) is 0 Å². The zero-order chi connectivity index (χ0) is 17.6. The quantitative estimate of drug-likeness (QED) is 0.661. The molecule has 0 aliphatic rings. The number of hydrogen-bond acceptors (Lipinski definition) is 4. The van der Waals surface area contributed by atoms with E-state index in [4.69, 9.17) is 0 Å². The number of unbranched alkanes of at least 4 members (excludes halogenated alkanes) is 3. The summed E-state index contributed by atoms with van der Waals surface area (Å²) in [6.07, 6.45) is 10.7. The van der Waals surface area contributed by atoms with Crippen LogP contribution < -0.4 is 4.90 Å². The van der Waals surface area contributed by atoms with Gasteiger partial charge < -0.3 is 9.45 Å². The third-order valence-corrected chi connectivity index (χ3v) is 4.39. The average molecular weight is 345 g/mol. The first kappa shape index (κ1) is 22.0. The molecular weight excluding hydrogens is 312 g/mol. The Kier molecular flexibility index (Phi) is 12.9. The lowest BCUT2D eigenvalue weighted by Gasteiger charge is -2.18. The fourth-order valence-corrected chi connectivity index (χ4v) is 2.59. The van der Waals surface area contributed by atoms with Gasteiger partial charge in [-0.15, -0.1) is 0 Å². The van der Waals surface area contributed by atoms with Gasteiger partial charge in [0.25, 0.3) is 0 Å². The zero-order valence-corrected chi connectivity index (χ0v) is 15.6. The van der Waals surface area contributed by atoms with Gasteiger partial charge >= 0.3 is 0 Å². The highest BCUT2D eigenvalue weighted by Crippen LogP contribution is 2.02. The van der Waals surface area contributed by atoms with Crippen LogP contribution in [0.25, 0.3) is 0 Å². The predicted octanol–water partition coefficient (Wildman–Crippen LogP) is 2.26. The van der Waals surface area contributed by atoms with Crippen molar-refractivity contribution in [2.75, 3.05) is 19.6 Å². The topological polar surface area (TPSA) is 74.5 Å². The van der Waals surface area contributed by atoms with E-state index in [0.29, 0.717) is 0 Å². The van der Waals surface area contributed by atoms with Crippen LogP contribution in [0.2, 0.25) is 0 Å². The van der Waals surface area contributed by atoms with Crippen LogP contribution in [0.3, 0.4) is 0 Å². The van der Waals surface area contributed by atoms with Gasteiger partial charge in [0.2, 0.25) is 0 Å². The lowest BCUT2D eigenvalue weighted by Crippen LogP contribution is -3.12. The van der Waals surface area contributed by atoms with Crippen molar-refractivity contribution in [1.29, 1.82) is 0 Å². The molecule has 6 heteroatoms. The Hall–Kier alpha value is -0.980. The van der Waals surface area contributed by atoms with Gasteiger partial charge in [0, 0.05) is 12.4 Å². The molecule has 1 aromatic rings. The van der Waals surface area contributed by atoms with E-state index in [9.17, 15) is 13.0 Å². The molecule has 0 saturated heterocycles. The summed E-state index contributed by atoms with van der Waals surface area (Å²) in [5.74, 6) is 0. The molecule has 0 aliphatic carbocycles. The molecule has 1 heterocycles. The molecular formula is C17H32N2O3S. The number of aromatic nitrogens is 1. The van der Waals surface area contributed by atoms with Crippen molar-refractivity contribution in [3.05, 3.63) is 24.5 Å². The average Bonchev–Trinajstić information content (AvgIpc) is 2.55. The maximum absolute atomic E-state index is 10.2. The summed E-state index contributed by atoms with van der Waals surface area (Å²) in [6.45, 7) is 11.1. The third kappa shape index (κ3) is 12.1. The van der Waals surface area contributed by atoms with E-state index in [1.807, 2.05) is 4.90 Å². The monoisotopic (exact) mass is 344 g/mol. The summed E-state index contributed by atoms with van der Waals surface area (Å²) in [5.41, 5.74) is 0. The molecule has 23 heavy (non-hydrogen) atoms. The van der Waals surface area contributed by atoms with E-state index < -0.39 is 10.1 Å². The second-order valence-electron chi connectivity index (χ2n) is 5.70. The van der Waals surface area contributed by atoms with Gasteiger partial charge in [-0.25, -0.2) is 8.42 Å². The first-order valence-electron chi connectivity index (χ1n) is 8.65. The van der Waals surface area contributed by atoms with Gasteiger partial charge in [-0.3, -0.25) is 4.98 Å². The Morgan fingerprint density at radius 2 is 1.48 bits per heavy atom. The lowest BCUT2D eigenvalue weighted by atomic mass is 10.2. The van der Waals surface area contributed by atoms with Crippen LogP contribution in [0.1, 0.15) is 59.3 Å². The first-order valence-corrected chi connectivity index (χ1v) is 10.1. The SMILES string of the molecule is CCCC[NH+](CCCC)CCCC.O=S(=O)([O-])c1cccnc1. The fraction of sp³-hybridized carbons (Fsp3) is 0.706. The summed E-state index contributed by atoms with van der Waals surface area (Å²) in [7, 11) is -4.32. The number of hydrogen-bond donors (Lipinski definition) is 1. The van der Waals surface area contributed by atoms with Crippen molar-refractivity contribution in [3.63, 3.8) is 0 Å². The fourth-order valence-electron chi connectivity index (χ4n) is 2.15. The minimum Gasteiger partial charge on any atom is -0.744 e.